The van der Waals surface area contributed by atoms with Crippen molar-refractivity contribution in [3.63, 3.8) is 0 Å². The molecule has 3 nitrogen and oxygen atoms in total. The van der Waals surface area contributed by atoms with Gasteiger partial charge in [0, 0.05) is 19.4 Å². The first-order chi connectivity index (χ1) is 8.69. The second-order valence-electron chi connectivity index (χ2n) is 4.25. The van der Waals surface area contributed by atoms with E-state index in [1.165, 1.54) is 0 Å². The number of rotatable bonds is 5. The fourth-order valence-electron chi connectivity index (χ4n) is 2.21. The van der Waals surface area contributed by atoms with Crippen molar-refractivity contribution in [3.8, 4) is 0 Å². The molecule has 0 fully saturated rings. The van der Waals surface area contributed by atoms with Gasteiger partial charge in [-0.05, 0) is 19.1 Å². The van der Waals surface area contributed by atoms with Crippen LogP contribution < -0.4 is 0 Å². The number of benzene rings is 1. The Balaban J connectivity index is 2.60. The molecule has 2 aromatic rings. The molecule has 1 aromatic heterocycles. The zero-order valence-electron chi connectivity index (χ0n) is 10.5. The summed E-state index contributed by atoms with van der Waals surface area (Å²) in [6.07, 6.45) is 0.723. The van der Waals surface area contributed by atoms with Crippen LogP contribution in [-0.4, -0.2) is 29.1 Å². The quantitative estimate of drug-likeness (QED) is 0.784. The Morgan fingerprint density at radius 3 is 2.89 bits per heavy atom. The molecule has 0 saturated carbocycles. The van der Waals surface area contributed by atoms with Gasteiger partial charge in [0.05, 0.1) is 28.7 Å². The van der Waals surface area contributed by atoms with Crippen molar-refractivity contribution in [1.29, 1.82) is 0 Å². The maximum atomic E-state index is 6.29. The van der Waals surface area contributed by atoms with E-state index in [1.807, 2.05) is 18.2 Å². The molecule has 0 aliphatic carbocycles. The van der Waals surface area contributed by atoms with Crippen LogP contribution >= 0.6 is 23.2 Å². The Kier molecular flexibility index (Phi) is 4.49. The van der Waals surface area contributed by atoms with Crippen LogP contribution in [0.25, 0.3) is 11.0 Å². The highest BCUT2D eigenvalue weighted by atomic mass is 35.5. The molecule has 0 amide bonds. The summed E-state index contributed by atoms with van der Waals surface area (Å²) in [7, 11) is 1.69. The van der Waals surface area contributed by atoms with Crippen molar-refractivity contribution >= 4 is 34.2 Å². The lowest BCUT2D eigenvalue weighted by Crippen LogP contribution is -2.14. The summed E-state index contributed by atoms with van der Waals surface area (Å²) in [5.74, 6) is 1.50. The number of fused-ring (bicyclic) bond motifs is 1. The molecule has 5 heteroatoms. The highest BCUT2D eigenvalue weighted by molar-refractivity contribution is 6.35. The summed E-state index contributed by atoms with van der Waals surface area (Å²) in [4.78, 5) is 4.61. The lowest BCUT2D eigenvalue weighted by molar-refractivity contribution is 0.162. The highest BCUT2D eigenvalue weighted by Crippen LogP contribution is 2.28. The van der Waals surface area contributed by atoms with Crippen molar-refractivity contribution in [2.75, 3.05) is 19.6 Å². The molecule has 1 aromatic carbocycles. The molecule has 0 saturated heterocycles. The number of imidazole rings is 1. The molecule has 2 rings (SSSR count). The maximum absolute atomic E-state index is 6.29. The van der Waals surface area contributed by atoms with Crippen LogP contribution in [0.15, 0.2) is 18.2 Å². The average molecular weight is 287 g/mol. The number of halogens is 2. The monoisotopic (exact) mass is 286 g/mol. The number of aromatic nitrogens is 2. The predicted molar refractivity (Wildman–Crippen MR) is 75.8 cm³/mol. The van der Waals surface area contributed by atoms with E-state index in [9.17, 15) is 0 Å². The number of hydrogen-bond donors (Lipinski definition) is 0. The lowest BCUT2D eigenvalue weighted by Gasteiger charge is -2.17. The predicted octanol–water partition coefficient (Wildman–Crippen LogP) is 3.68. The Bertz CT molecular complexity index is 539. The van der Waals surface area contributed by atoms with E-state index in [2.05, 4.69) is 16.5 Å². The number of aryl methyl sites for hydroxylation is 1. The zero-order valence-corrected chi connectivity index (χ0v) is 12.0. The largest absolute Gasteiger partial charge is 0.383 e. The summed E-state index contributed by atoms with van der Waals surface area (Å²) < 4.78 is 7.35. The van der Waals surface area contributed by atoms with Gasteiger partial charge in [-0.3, -0.25) is 0 Å². The van der Waals surface area contributed by atoms with Crippen LogP contribution in [0.3, 0.4) is 0 Å². The average Bonchev–Trinajstić information content (AvgIpc) is 2.69. The van der Waals surface area contributed by atoms with Gasteiger partial charge in [-0.2, -0.15) is 0 Å². The first-order valence-electron chi connectivity index (χ1n) is 5.89. The molecule has 0 aliphatic rings. The summed E-state index contributed by atoms with van der Waals surface area (Å²) in [6, 6.07) is 5.94. The number of methoxy groups -OCH3 is 1. The molecule has 0 radical (unpaired) electrons. The molecule has 0 N–H and O–H groups in total. The molecule has 0 bridgehead atoms. The summed E-state index contributed by atoms with van der Waals surface area (Å²) >= 11 is 12.1. The van der Waals surface area contributed by atoms with Crippen LogP contribution in [0, 0.1) is 0 Å². The van der Waals surface area contributed by atoms with E-state index in [-0.39, 0.29) is 6.04 Å². The Morgan fingerprint density at radius 2 is 2.22 bits per heavy atom. The van der Waals surface area contributed by atoms with E-state index in [4.69, 9.17) is 27.9 Å². The van der Waals surface area contributed by atoms with Crippen molar-refractivity contribution in [2.45, 2.75) is 19.4 Å². The number of nitrogens with zero attached hydrogens (tertiary/aromatic N) is 2. The van der Waals surface area contributed by atoms with Crippen LogP contribution in [0.2, 0.25) is 5.02 Å². The van der Waals surface area contributed by atoms with E-state index < -0.39 is 0 Å². The van der Waals surface area contributed by atoms with Crippen LogP contribution in [0.1, 0.15) is 18.8 Å². The molecule has 98 valence electrons. The van der Waals surface area contributed by atoms with Crippen molar-refractivity contribution < 1.29 is 4.74 Å². The number of hydrogen-bond acceptors (Lipinski definition) is 2. The van der Waals surface area contributed by atoms with Gasteiger partial charge < -0.3 is 9.30 Å². The summed E-state index contributed by atoms with van der Waals surface area (Å²) in [6.45, 7) is 2.71. The van der Waals surface area contributed by atoms with E-state index in [0.29, 0.717) is 17.5 Å². The summed E-state index contributed by atoms with van der Waals surface area (Å²) in [5, 5.41) is 0.712. The smallest absolute Gasteiger partial charge is 0.111 e. The van der Waals surface area contributed by atoms with Crippen molar-refractivity contribution in [3.05, 3.63) is 29.0 Å². The molecule has 1 unspecified atom stereocenters. The third kappa shape index (κ3) is 2.48. The van der Waals surface area contributed by atoms with Crippen LogP contribution in [0.4, 0.5) is 0 Å². The first kappa shape index (κ1) is 13.7. The van der Waals surface area contributed by atoms with Gasteiger partial charge in [0.15, 0.2) is 0 Å². The fraction of sp³-hybridized carbons (Fsp3) is 0.462. The first-order valence-corrected chi connectivity index (χ1v) is 6.80. The number of para-hydroxylation sites is 1. The minimum Gasteiger partial charge on any atom is -0.383 e. The van der Waals surface area contributed by atoms with Gasteiger partial charge in [0.25, 0.3) is 0 Å². The van der Waals surface area contributed by atoms with Crippen molar-refractivity contribution in [2.24, 2.45) is 0 Å². The molecule has 0 spiro atoms. The van der Waals surface area contributed by atoms with Gasteiger partial charge in [-0.15, -0.1) is 11.6 Å². The molecular formula is C13H16Cl2N2O. The van der Waals surface area contributed by atoms with Gasteiger partial charge >= 0.3 is 0 Å². The van der Waals surface area contributed by atoms with Gasteiger partial charge in [-0.25, -0.2) is 4.98 Å². The molecule has 0 aliphatic heterocycles. The maximum Gasteiger partial charge on any atom is 0.111 e. The van der Waals surface area contributed by atoms with Gasteiger partial charge in [-0.1, -0.05) is 17.7 Å². The Labute approximate surface area is 117 Å². The standard InChI is InChI=1S/C13H16Cl2N2O/c1-9(8-18-2)17-12(6-7-14)16-11-5-3-4-10(15)13(11)17/h3-5,9H,6-8H2,1-2H3. The molecule has 1 heterocycles. The zero-order chi connectivity index (χ0) is 13.1. The molecular weight excluding hydrogens is 271 g/mol. The highest BCUT2D eigenvalue weighted by Gasteiger charge is 2.17. The lowest BCUT2D eigenvalue weighted by atomic mass is 10.2. The minimum absolute atomic E-state index is 0.179. The minimum atomic E-state index is 0.179. The van der Waals surface area contributed by atoms with E-state index >= 15 is 0 Å². The Morgan fingerprint density at radius 1 is 1.44 bits per heavy atom. The van der Waals surface area contributed by atoms with Gasteiger partial charge in [0.1, 0.15) is 5.82 Å². The van der Waals surface area contributed by atoms with Crippen LogP contribution in [-0.2, 0) is 11.2 Å². The molecule has 18 heavy (non-hydrogen) atoms. The SMILES string of the molecule is COCC(C)n1c(CCCl)nc2cccc(Cl)c21. The number of alkyl halides is 1. The molecule has 1 atom stereocenters. The second-order valence-corrected chi connectivity index (χ2v) is 5.03. The van der Waals surface area contributed by atoms with E-state index in [1.54, 1.807) is 7.11 Å². The fourth-order valence-corrected chi connectivity index (χ4v) is 2.64. The van der Waals surface area contributed by atoms with Crippen LogP contribution in [0.5, 0.6) is 0 Å². The summed E-state index contributed by atoms with van der Waals surface area (Å²) in [5.41, 5.74) is 1.87. The second kappa shape index (κ2) is 5.91. The Hall–Kier alpha value is -0.770. The topological polar surface area (TPSA) is 27.1 Å². The van der Waals surface area contributed by atoms with Gasteiger partial charge in [0.2, 0.25) is 0 Å². The van der Waals surface area contributed by atoms with E-state index in [0.717, 1.165) is 23.3 Å². The normalized spacial score (nSPS) is 13.1. The number of ether oxygens (including phenoxy) is 1. The third-order valence-electron chi connectivity index (χ3n) is 2.90. The van der Waals surface area contributed by atoms with Crippen molar-refractivity contribution in [1.82, 2.24) is 9.55 Å². The third-order valence-corrected chi connectivity index (χ3v) is 3.39.